The number of rotatable bonds is 6. The second-order valence-electron chi connectivity index (χ2n) is 3.42. The molecule has 0 bridgehead atoms. The van der Waals surface area contributed by atoms with E-state index in [-0.39, 0.29) is 5.91 Å². The summed E-state index contributed by atoms with van der Waals surface area (Å²) in [5.41, 5.74) is 1.17. The third-order valence-electron chi connectivity index (χ3n) is 2.33. The van der Waals surface area contributed by atoms with Crippen LogP contribution in [0.25, 0.3) is 0 Å². The van der Waals surface area contributed by atoms with E-state index < -0.39 is 0 Å². The normalized spacial score (nSPS) is 10.1. The molecule has 0 atom stereocenters. The third-order valence-corrected chi connectivity index (χ3v) is 3.32. The molecule has 1 amide bonds. The summed E-state index contributed by atoms with van der Waals surface area (Å²) in [5.74, 6) is 1.62. The Kier molecular flexibility index (Phi) is 5.93. The quantitative estimate of drug-likeness (QED) is 0.761. The Bertz CT molecular complexity index is 312. The summed E-state index contributed by atoms with van der Waals surface area (Å²) in [6, 6.07) is 3.95. The number of thioether (sulfide) groups is 1. The van der Waals surface area contributed by atoms with Gasteiger partial charge in [-0.3, -0.25) is 9.78 Å². The van der Waals surface area contributed by atoms with Crippen molar-refractivity contribution in [1.29, 1.82) is 0 Å². The van der Waals surface area contributed by atoms with Crippen LogP contribution >= 0.6 is 11.8 Å². The van der Waals surface area contributed by atoms with E-state index in [0.29, 0.717) is 5.75 Å². The van der Waals surface area contributed by atoms with E-state index in [0.717, 1.165) is 18.8 Å². The minimum atomic E-state index is 0.221. The average molecular weight is 238 g/mol. The van der Waals surface area contributed by atoms with Crippen LogP contribution in [0.3, 0.4) is 0 Å². The predicted molar refractivity (Wildman–Crippen MR) is 68.3 cm³/mol. The molecule has 88 valence electrons. The molecule has 0 fully saturated rings. The van der Waals surface area contributed by atoms with Gasteiger partial charge in [0.25, 0.3) is 0 Å². The Balaban J connectivity index is 2.28. The fourth-order valence-electron chi connectivity index (χ4n) is 1.41. The predicted octanol–water partition coefficient (Wildman–Crippen LogP) is 2.18. The minimum absolute atomic E-state index is 0.221. The Labute approximate surface area is 101 Å². The first-order chi connectivity index (χ1) is 7.77. The van der Waals surface area contributed by atoms with Crippen molar-refractivity contribution in [1.82, 2.24) is 9.88 Å². The van der Waals surface area contributed by atoms with Gasteiger partial charge in [-0.25, -0.2) is 0 Å². The van der Waals surface area contributed by atoms with Gasteiger partial charge >= 0.3 is 0 Å². The molecule has 0 radical (unpaired) electrons. The number of carbonyl (C=O) groups excluding carboxylic acids is 1. The Morgan fingerprint density at radius 2 is 2.19 bits per heavy atom. The molecule has 0 saturated heterocycles. The van der Waals surface area contributed by atoms with Gasteiger partial charge in [0.15, 0.2) is 0 Å². The third kappa shape index (κ3) is 4.23. The van der Waals surface area contributed by atoms with Crippen LogP contribution in [0.4, 0.5) is 0 Å². The number of nitrogens with zero attached hydrogens (tertiary/aromatic N) is 2. The molecule has 1 heterocycles. The monoisotopic (exact) mass is 238 g/mol. The molecule has 1 aromatic heterocycles. The standard InChI is InChI=1S/C12H18N2OS/c1-3-14(4-2)12(15)10-16-9-11-6-5-7-13-8-11/h5-8H,3-4,9-10H2,1-2H3. The van der Waals surface area contributed by atoms with Crippen molar-refractivity contribution in [2.24, 2.45) is 0 Å². The molecule has 1 aromatic rings. The van der Waals surface area contributed by atoms with Crippen LogP contribution in [-0.4, -0.2) is 34.6 Å². The van der Waals surface area contributed by atoms with Gasteiger partial charge in [-0.15, -0.1) is 11.8 Å². The van der Waals surface area contributed by atoms with E-state index >= 15 is 0 Å². The van der Waals surface area contributed by atoms with Crippen molar-refractivity contribution in [2.75, 3.05) is 18.8 Å². The molecule has 0 saturated carbocycles. The lowest BCUT2D eigenvalue weighted by atomic mass is 10.3. The van der Waals surface area contributed by atoms with Crippen LogP contribution in [0.5, 0.6) is 0 Å². The zero-order chi connectivity index (χ0) is 11.8. The first-order valence-corrected chi connectivity index (χ1v) is 6.67. The van der Waals surface area contributed by atoms with Gasteiger partial charge in [0.2, 0.25) is 5.91 Å². The molecule has 3 nitrogen and oxygen atoms in total. The number of hydrogen-bond donors (Lipinski definition) is 0. The zero-order valence-corrected chi connectivity index (χ0v) is 10.7. The van der Waals surface area contributed by atoms with Gasteiger partial charge in [-0.05, 0) is 25.5 Å². The van der Waals surface area contributed by atoms with Crippen LogP contribution in [0, 0.1) is 0 Å². The van der Waals surface area contributed by atoms with Crippen LogP contribution in [-0.2, 0) is 10.5 Å². The maximum absolute atomic E-state index is 11.7. The molecule has 0 spiro atoms. The number of aromatic nitrogens is 1. The fourth-order valence-corrected chi connectivity index (χ4v) is 2.27. The van der Waals surface area contributed by atoms with E-state index in [1.807, 2.05) is 37.1 Å². The lowest BCUT2D eigenvalue weighted by Crippen LogP contribution is -2.31. The van der Waals surface area contributed by atoms with E-state index in [2.05, 4.69) is 4.98 Å². The van der Waals surface area contributed by atoms with Gasteiger partial charge in [-0.1, -0.05) is 6.07 Å². The fraction of sp³-hybridized carbons (Fsp3) is 0.500. The maximum Gasteiger partial charge on any atom is 0.232 e. The highest BCUT2D eigenvalue weighted by Gasteiger charge is 2.08. The molecule has 4 heteroatoms. The van der Waals surface area contributed by atoms with Crippen molar-refractivity contribution in [3.63, 3.8) is 0 Å². The molecule has 0 aromatic carbocycles. The van der Waals surface area contributed by atoms with Crippen molar-refractivity contribution in [3.8, 4) is 0 Å². The lowest BCUT2D eigenvalue weighted by molar-refractivity contribution is -0.127. The van der Waals surface area contributed by atoms with Crippen molar-refractivity contribution < 1.29 is 4.79 Å². The zero-order valence-electron chi connectivity index (χ0n) is 9.85. The molecular weight excluding hydrogens is 220 g/mol. The molecule has 0 aliphatic heterocycles. The second-order valence-corrected chi connectivity index (χ2v) is 4.41. The molecule has 16 heavy (non-hydrogen) atoms. The summed E-state index contributed by atoms with van der Waals surface area (Å²) >= 11 is 1.64. The summed E-state index contributed by atoms with van der Waals surface area (Å²) in [7, 11) is 0. The molecule has 0 N–H and O–H groups in total. The van der Waals surface area contributed by atoms with E-state index in [1.54, 1.807) is 18.0 Å². The first-order valence-electron chi connectivity index (χ1n) is 5.52. The summed E-state index contributed by atoms with van der Waals surface area (Å²) < 4.78 is 0. The highest BCUT2D eigenvalue weighted by molar-refractivity contribution is 7.99. The minimum Gasteiger partial charge on any atom is -0.343 e. The number of carbonyl (C=O) groups is 1. The number of pyridine rings is 1. The Morgan fingerprint density at radius 3 is 2.75 bits per heavy atom. The van der Waals surface area contributed by atoms with Crippen LogP contribution in [0.15, 0.2) is 24.5 Å². The summed E-state index contributed by atoms with van der Waals surface area (Å²) in [6.07, 6.45) is 3.60. The number of hydrogen-bond acceptors (Lipinski definition) is 3. The van der Waals surface area contributed by atoms with Gasteiger partial charge in [-0.2, -0.15) is 0 Å². The topological polar surface area (TPSA) is 33.2 Å². The van der Waals surface area contributed by atoms with Crippen molar-refractivity contribution in [2.45, 2.75) is 19.6 Å². The van der Waals surface area contributed by atoms with E-state index in [1.165, 1.54) is 5.56 Å². The smallest absolute Gasteiger partial charge is 0.232 e. The summed E-state index contributed by atoms with van der Waals surface area (Å²) in [6.45, 7) is 5.60. The summed E-state index contributed by atoms with van der Waals surface area (Å²) in [5, 5.41) is 0. The average Bonchev–Trinajstić information content (AvgIpc) is 2.32. The number of amides is 1. The molecule has 0 aliphatic carbocycles. The molecule has 0 aliphatic rings. The van der Waals surface area contributed by atoms with Crippen LogP contribution in [0.2, 0.25) is 0 Å². The highest BCUT2D eigenvalue weighted by Crippen LogP contribution is 2.11. The maximum atomic E-state index is 11.7. The first kappa shape index (κ1) is 13.0. The van der Waals surface area contributed by atoms with Gasteiger partial charge < -0.3 is 4.90 Å². The van der Waals surface area contributed by atoms with Gasteiger partial charge in [0.05, 0.1) is 5.75 Å². The van der Waals surface area contributed by atoms with Crippen molar-refractivity contribution >= 4 is 17.7 Å². The second kappa shape index (κ2) is 7.28. The van der Waals surface area contributed by atoms with E-state index in [4.69, 9.17) is 0 Å². The van der Waals surface area contributed by atoms with Gasteiger partial charge in [0, 0.05) is 31.2 Å². The highest BCUT2D eigenvalue weighted by atomic mass is 32.2. The van der Waals surface area contributed by atoms with Crippen molar-refractivity contribution in [3.05, 3.63) is 30.1 Å². The lowest BCUT2D eigenvalue weighted by Gasteiger charge is -2.18. The van der Waals surface area contributed by atoms with E-state index in [9.17, 15) is 4.79 Å². The van der Waals surface area contributed by atoms with Crippen LogP contribution in [0.1, 0.15) is 19.4 Å². The largest absolute Gasteiger partial charge is 0.343 e. The molecule has 1 rings (SSSR count). The molecule has 0 unspecified atom stereocenters. The van der Waals surface area contributed by atoms with Crippen LogP contribution < -0.4 is 0 Å². The molecular formula is C12H18N2OS. The summed E-state index contributed by atoms with van der Waals surface area (Å²) in [4.78, 5) is 17.6. The van der Waals surface area contributed by atoms with Gasteiger partial charge in [0.1, 0.15) is 0 Å². The SMILES string of the molecule is CCN(CC)C(=O)CSCc1cccnc1. The Morgan fingerprint density at radius 1 is 1.44 bits per heavy atom. The Hall–Kier alpha value is -1.03.